The molecule has 1 aliphatic heterocycles. The maximum Gasteiger partial charge on any atom is 0.302 e. The molecule has 216 valence electrons. The number of nitrogens with one attached hydrogen (secondary N) is 1. The van der Waals surface area contributed by atoms with Crippen LogP contribution in [0.1, 0.15) is 91.4 Å². The van der Waals surface area contributed by atoms with E-state index in [2.05, 4.69) is 5.32 Å². The summed E-state index contributed by atoms with van der Waals surface area (Å²) in [5.74, 6) is 0.463. The number of esters is 2. The van der Waals surface area contributed by atoms with Gasteiger partial charge in [0.25, 0.3) is 0 Å². The Morgan fingerprint density at radius 1 is 1.03 bits per heavy atom. The first kappa shape index (κ1) is 32.0. The van der Waals surface area contributed by atoms with Gasteiger partial charge in [-0.25, -0.2) is 0 Å². The van der Waals surface area contributed by atoms with E-state index in [-0.39, 0.29) is 54.9 Å². The van der Waals surface area contributed by atoms with Gasteiger partial charge in [0.15, 0.2) is 0 Å². The van der Waals surface area contributed by atoms with Gasteiger partial charge in [0.05, 0.1) is 18.4 Å². The normalized spacial score (nSPS) is 30.8. The van der Waals surface area contributed by atoms with Gasteiger partial charge in [-0.3, -0.25) is 9.59 Å². The van der Waals surface area contributed by atoms with Crippen molar-refractivity contribution in [3.8, 4) is 0 Å². The predicted molar refractivity (Wildman–Crippen MR) is 141 cm³/mol. The molecule has 0 amide bonds. The van der Waals surface area contributed by atoms with Gasteiger partial charge in [-0.05, 0) is 88.0 Å². The van der Waals surface area contributed by atoms with Crippen LogP contribution in [0.5, 0.6) is 0 Å². The van der Waals surface area contributed by atoms with Crippen LogP contribution in [0.25, 0.3) is 0 Å². The second-order valence-corrected chi connectivity index (χ2v) is 11.4. The quantitative estimate of drug-likeness (QED) is 0.236. The van der Waals surface area contributed by atoms with Gasteiger partial charge < -0.3 is 35.5 Å². The van der Waals surface area contributed by atoms with Crippen molar-refractivity contribution in [2.75, 3.05) is 20.3 Å². The van der Waals surface area contributed by atoms with E-state index in [4.69, 9.17) is 19.9 Å². The Bertz CT molecular complexity index is 675. The van der Waals surface area contributed by atoms with Crippen LogP contribution >= 0.6 is 0 Å². The first-order valence-corrected chi connectivity index (χ1v) is 14.3. The van der Waals surface area contributed by atoms with Gasteiger partial charge in [0.1, 0.15) is 12.2 Å². The van der Waals surface area contributed by atoms with Gasteiger partial charge in [0, 0.05) is 34.0 Å². The number of aliphatic hydroxyl groups is 2. The summed E-state index contributed by atoms with van der Waals surface area (Å²) in [5.41, 5.74) is 6.11. The topological polar surface area (TPSA) is 140 Å². The third-order valence-electron chi connectivity index (χ3n) is 8.37. The minimum absolute atomic E-state index is 0.0214. The van der Waals surface area contributed by atoms with Gasteiger partial charge in [-0.15, -0.1) is 0 Å². The van der Waals surface area contributed by atoms with Crippen LogP contribution in [0.2, 0.25) is 0 Å². The second kappa shape index (κ2) is 16.6. The molecule has 5 N–H and O–H groups in total. The number of rotatable bonds is 15. The Labute approximate surface area is 223 Å². The summed E-state index contributed by atoms with van der Waals surface area (Å²) in [5, 5.41) is 23.8. The fourth-order valence-electron chi connectivity index (χ4n) is 6.30. The van der Waals surface area contributed by atoms with Crippen molar-refractivity contribution in [1.29, 1.82) is 0 Å². The summed E-state index contributed by atoms with van der Waals surface area (Å²) >= 11 is 0. The van der Waals surface area contributed by atoms with Crippen molar-refractivity contribution in [2.45, 2.75) is 122 Å². The molecule has 9 unspecified atom stereocenters. The number of aliphatic hydroxyl groups excluding tert-OH is 2. The minimum Gasteiger partial charge on any atom is -0.462 e. The van der Waals surface area contributed by atoms with Crippen LogP contribution < -0.4 is 11.1 Å². The molecule has 9 nitrogen and oxygen atoms in total. The van der Waals surface area contributed by atoms with E-state index in [1.807, 2.05) is 6.92 Å². The molecule has 0 aromatic carbocycles. The first-order chi connectivity index (χ1) is 17.6. The van der Waals surface area contributed by atoms with Gasteiger partial charge in [0.2, 0.25) is 0 Å². The summed E-state index contributed by atoms with van der Waals surface area (Å²) in [6.45, 7) is 5.85. The van der Waals surface area contributed by atoms with E-state index in [1.165, 1.54) is 13.8 Å². The van der Waals surface area contributed by atoms with E-state index >= 15 is 0 Å². The summed E-state index contributed by atoms with van der Waals surface area (Å²) in [7, 11) is 1.66. The van der Waals surface area contributed by atoms with Crippen molar-refractivity contribution < 1.29 is 34.0 Å². The third-order valence-corrected chi connectivity index (χ3v) is 8.37. The molecule has 1 saturated carbocycles. The number of carbonyl (C=O) groups excluding carboxylic acids is 2. The molecule has 0 aromatic heterocycles. The smallest absolute Gasteiger partial charge is 0.302 e. The van der Waals surface area contributed by atoms with E-state index in [0.717, 1.165) is 57.9 Å². The second-order valence-electron chi connectivity index (χ2n) is 11.4. The lowest BCUT2D eigenvalue weighted by Gasteiger charge is -2.41. The van der Waals surface area contributed by atoms with Gasteiger partial charge in [-0.1, -0.05) is 13.3 Å². The fourth-order valence-corrected chi connectivity index (χ4v) is 6.30. The summed E-state index contributed by atoms with van der Waals surface area (Å²) < 4.78 is 16.9. The van der Waals surface area contributed by atoms with Gasteiger partial charge >= 0.3 is 11.9 Å². The SMILES string of the molecule is CCC(CO)CCC(CC(CCC1CC(CC2CCNC(N)C2)C(O)C(OC)C1)OC(C)=O)OC(C)=O. The summed E-state index contributed by atoms with van der Waals surface area (Å²) in [6, 6.07) is 0. The van der Waals surface area contributed by atoms with Crippen molar-refractivity contribution in [3.05, 3.63) is 0 Å². The van der Waals surface area contributed by atoms with Crippen molar-refractivity contribution in [3.63, 3.8) is 0 Å². The molecule has 1 heterocycles. The van der Waals surface area contributed by atoms with Crippen molar-refractivity contribution >= 4 is 11.9 Å². The molecule has 2 rings (SSSR count). The number of carbonyl (C=O) groups is 2. The predicted octanol–water partition coefficient (Wildman–Crippen LogP) is 2.90. The Kier molecular flexibility index (Phi) is 14.4. The van der Waals surface area contributed by atoms with Crippen LogP contribution in [0.4, 0.5) is 0 Å². The molecular weight excluding hydrogens is 476 g/mol. The Morgan fingerprint density at radius 2 is 1.70 bits per heavy atom. The number of ether oxygens (including phenoxy) is 3. The highest BCUT2D eigenvalue weighted by Crippen LogP contribution is 2.39. The van der Waals surface area contributed by atoms with Crippen LogP contribution in [-0.2, 0) is 23.8 Å². The molecule has 37 heavy (non-hydrogen) atoms. The van der Waals surface area contributed by atoms with E-state index in [0.29, 0.717) is 31.1 Å². The molecule has 9 atom stereocenters. The highest BCUT2D eigenvalue weighted by atomic mass is 16.6. The van der Waals surface area contributed by atoms with E-state index in [1.54, 1.807) is 7.11 Å². The average Bonchev–Trinajstić information content (AvgIpc) is 2.84. The summed E-state index contributed by atoms with van der Waals surface area (Å²) in [6.07, 6.45) is 7.41. The fraction of sp³-hybridized carbons (Fsp3) is 0.929. The number of methoxy groups -OCH3 is 1. The number of hydrogen-bond acceptors (Lipinski definition) is 9. The number of hydrogen-bond donors (Lipinski definition) is 4. The molecule has 1 aliphatic carbocycles. The molecule has 9 heteroatoms. The monoisotopic (exact) mass is 528 g/mol. The van der Waals surface area contributed by atoms with Crippen LogP contribution in [-0.4, -0.2) is 73.0 Å². The molecule has 0 spiro atoms. The average molecular weight is 529 g/mol. The third kappa shape index (κ3) is 11.6. The lowest BCUT2D eigenvalue weighted by atomic mass is 9.71. The zero-order chi connectivity index (χ0) is 27.4. The Balaban J connectivity index is 2.00. The van der Waals surface area contributed by atoms with Crippen molar-refractivity contribution in [2.24, 2.45) is 29.4 Å². The van der Waals surface area contributed by atoms with Gasteiger partial charge in [-0.2, -0.15) is 0 Å². The molecule has 2 fully saturated rings. The first-order valence-electron chi connectivity index (χ1n) is 14.3. The highest BCUT2D eigenvalue weighted by molar-refractivity contribution is 5.66. The number of piperidine rings is 1. The largest absolute Gasteiger partial charge is 0.462 e. The van der Waals surface area contributed by atoms with E-state index in [9.17, 15) is 19.8 Å². The lowest BCUT2D eigenvalue weighted by Crippen LogP contribution is -2.47. The maximum absolute atomic E-state index is 11.9. The van der Waals surface area contributed by atoms with Crippen LogP contribution in [0, 0.1) is 23.7 Å². The zero-order valence-electron chi connectivity index (χ0n) is 23.4. The summed E-state index contributed by atoms with van der Waals surface area (Å²) in [4.78, 5) is 23.6. The van der Waals surface area contributed by atoms with E-state index < -0.39 is 6.10 Å². The molecule has 2 aliphatic rings. The Hall–Kier alpha value is -1.26. The van der Waals surface area contributed by atoms with Crippen molar-refractivity contribution in [1.82, 2.24) is 5.32 Å². The maximum atomic E-state index is 11.9. The van der Waals surface area contributed by atoms with Crippen LogP contribution in [0.15, 0.2) is 0 Å². The van der Waals surface area contributed by atoms with Crippen LogP contribution in [0.3, 0.4) is 0 Å². The minimum atomic E-state index is -0.483. The lowest BCUT2D eigenvalue weighted by molar-refractivity contribution is -0.153. The highest BCUT2D eigenvalue weighted by Gasteiger charge is 2.38. The standard InChI is InChI=1S/C28H52N2O7/c1-5-20(17-31)6-8-24(36-18(2)32)16-25(37-19(3)33)9-7-21-12-23(28(34)26(14-21)35-4)13-22-10-11-30-27(29)15-22/h20-28,30-31,34H,5-17,29H2,1-4H3. The Morgan fingerprint density at radius 3 is 2.27 bits per heavy atom. The zero-order valence-corrected chi connectivity index (χ0v) is 23.4. The number of nitrogens with two attached hydrogens (primary N) is 1. The molecule has 0 aromatic rings. The molecule has 1 saturated heterocycles. The molecule has 0 radical (unpaired) electrons. The molecule has 0 bridgehead atoms. The molecular formula is C28H52N2O7.